The van der Waals surface area contributed by atoms with Crippen LogP contribution in [0.1, 0.15) is 17.7 Å². The van der Waals surface area contributed by atoms with E-state index in [1.807, 2.05) is 30.3 Å². The zero-order valence-electron chi connectivity index (χ0n) is 12.5. The molecule has 2 atom stereocenters. The van der Waals surface area contributed by atoms with Crippen LogP contribution in [0.3, 0.4) is 0 Å². The van der Waals surface area contributed by atoms with E-state index < -0.39 is 24.0 Å². The maximum Gasteiger partial charge on any atom is 0.321 e. The van der Waals surface area contributed by atoms with Crippen LogP contribution in [0.15, 0.2) is 42.9 Å². The van der Waals surface area contributed by atoms with E-state index in [1.54, 1.807) is 6.20 Å². The summed E-state index contributed by atoms with van der Waals surface area (Å²) in [5.41, 5.74) is 1.58. The van der Waals surface area contributed by atoms with Crippen molar-refractivity contribution in [2.45, 2.75) is 31.3 Å². The molecule has 1 heterocycles. The van der Waals surface area contributed by atoms with Crippen molar-refractivity contribution >= 4 is 11.9 Å². The van der Waals surface area contributed by atoms with Crippen molar-refractivity contribution in [3.05, 3.63) is 54.1 Å². The van der Waals surface area contributed by atoms with E-state index in [4.69, 9.17) is 0 Å². The number of carbonyl (C=O) groups is 2. The Kier molecular flexibility index (Phi) is 5.87. The summed E-state index contributed by atoms with van der Waals surface area (Å²) in [7, 11) is 0. The van der Waals surface area contributed by atoms with E-state index in [2.05, 4.69) is 15.3 Å². The van der Waals surface area contributed by atoms with E-state index in [-0.39, 0.29) is 6.42 Å². The number of hydrogen-bond acceptors (Lipinski definition) is 4. The Labute approximate surface area is 133 Å². The van der Waals surface area contributed by atoms with Crippen LogP contribution in [0.25, 0.3) is 0 Å². The average molecular weight is 317 g/mol. The third-order valence-electron chi connectivity index (χ3n) is 3.53. The van der Waals surface area contributed by atoms with Crippen LogP contribution in [0.5, 0.6) is 0 Å². The first kappa shape index (κ1) is 16.7. The standard InChI is InChI=1S/C16H19N3O4/c20-15(21)13(7-6-11-4-2-1-3-5-11)19-14(16(22)23)8-12-9-17-10-18-12/h1-5,9-10,13-14,19H,6-8H2,(H,17,18)(H,20,21)(H,22,23)/t13?,14-/m0/s1. The van der Waals surface area contributed by atoms with Gasteiger partial charge in [0.15, 0.2) is 0 Å². The van der Waals surface area contributed by atoms with Crippen LogP contribution in [0.2, 0.25) is 0 Å². The molecule has 1 aromatic heterocycles. The highest BCUT2D eigenvalue weighted by atomic mass is 16.4. The molecule has 0 fully saturated rings. The highest BCUT2D eigenvalue weighted by molar-refractivity contribution is 5.77. The first-order valence-electron chi connectivity index (χ1n) is 7.29. The molecule has 0 aliphatic heterocycles. The second-order valence-electron chi connectivity index (χ2n) is 5.24. The summed E-state index contributed by atoms with van der Waals surface area (Å²) in [6.45, 7) is 0. The van der Waals surface area contributed by atoms with Crippen LogP contribution in [0.4, 0.5) is 0 Å². The van der Waals surface area contributed by atoms with Crippen LogP contribution < -0.4 is 5.32 Å². The molecule has 122 valence electrons. The fourth-order valence-corrected chi connectivity index (χ4v) is 2.31. The van der Waals surface area contributed by atoms with Gasteiger partial charge in [0.1, 0.15) is 12.1 Å². The number of hydrogen-bond donors (Lipinski definition) is 4. The minimum absolute atomic E-state index is 0.119. The number of benzene rings is 1. The first-order chi connectivity index (χ1) is 11.1. The summed E-state index contributed by atoms with van der Waals surface area (Å²) >= 11 is 0. The number of nitrogens with one attached hydrogen (secondary N) is 2. The lowest BCUT2D eigenvalue weighted by molar-refractivity contribution is -0.142. The molecule has 7 nitrogen and oxygen atoms in total. The molecule has 0 bridgehead atoms. The molecule has 0 saturated carbocycles. The molecule has 7 heteroatoms. The molecule has 23 heavy (non-hydrogen) atoms. The molecule has 2 rings (SSSR count). The van der Waals surface area contributed by atoms with Gasteiger partial charge in [-0.05, 0) is 18.4 Å². The van der Waals surface area contributed by atoms with Crippen molar-refractivity contribution in [1.82, 2.24) is 15.3 Å². The molecule has 0 aliphatic rings. The van der Waals surface area contributed by atoms with E-state index in [0.717, 1.165) is 5.56 Å². The number of aryl methyl sites for hydroxylation is 1. The van der Waals surface area contributed by atoms with E-state index in [0.29, 0.717) is 18.5 Å². The lowest BCUT2D eigenvalue weighted by Gasteiger charge is -2.19. The smallest absolute Gasteiger partial charge is 0.321 e. The molecule has 4 N–H and O–H groups in total. The fourth-order valence-electron chi connectivity index (χ4n) is 2.31. The minimum atomic E-state index is -1.10. The van der Waals surface area contributed by atoms with Gasteiger partial charge in [-0.3, -0.25) is 14.9 Å². The summed E-state index contributed by atoms with van der Waals surface area (Å²) in [5.74, 6) is -2.16. The van der Waals surface area contributed by atoms with Gasteiger partial charge in [-0.1, -0.05) is 30.3 Å². The number of rotatable bonds is 9. The minimum Gasteiger partial charge on any atom is -0.480 e. The monoisotopic (exact) mass is 317 g/mol. The van der Waals surface area contributed by atoms with Gasteiger partial charge < -0.3 is 15.2 Å². The van der Waals surface area contributed by atoms with Crippen molar-refractivity contribution in [1.29, 1.82) is 0 Å². The van der Waals surface area contributed by atoms with E-state index in [9.17, 15) is 19.8 Å². The molecule has 0 aliphatic carbocycles. The normalized spacial score (nSPS) is 13.4. The number of aliphatic carboxylic acids is 2. The van der Waals surface area contributed by atoms with Crippen molar-refractivity contribution < 1.29 is 19.8 Å². The number of aromatic amines is 1. The third-order valence-corrected chi connectivity index (χ3v) is 3.53. The van der Waals surface area contributed by atoms with Crippen molar-refractivity contribution in [2.24, 2.45) is 0 Å². The SMILES string of the molecule is O=C(O)C(CCc1ccccc1)N[C@@H](Cc1c[nH]cn1)C(=O)O. The second-order valence-corrected chi connectivity index (χ2v) is 5.24. The van der Waals surface area contributed by atoms with Gasteiger partial charge in [-0.15, -0.1) is 0 Å². The molecule has 0 radical (unpaired) electrons. The van der Waals surface area contributed by atoms with Crippen molar-refractivity contribution in [2.75, 3.05) is 0 Å². The van der Waals surface area contributed by atoms with Crippen molar-refractivity contribution in [3.63, 3.8) is 0 Å². The molecule has 0 spiro atoms. The molecular weight excluding hydrogens is 298 g/mol. The number of nitrogens with zero attached hydrogens (tertiary/aromatic N) is 1. The van der Waals surface area contributed by atoms with Crippen LogP contribution in [-0.4, -0.2) is 44.2 Å². The van der Waals surface area contributed by atoms with Gasteiger partial charge in [0.25, 0.3) is 0 Å². The van der Waals surface area contributed by atoms with Gasteiger partial charge in [0, 0.05) is 12.6 Å². The van der Waals surface area contributed by atoms with Crippen LogP contribution in [-0.2, 0) is 22.4 Å². The molecule has 0 amide bonds. The lowest BCUT2D eigenvalue weighted by atomic mass is 10.0. The topological polar surface area (TPSA) is 115 Å². The molecule has 1 aromatic carbocycles. The van der Waals surface area contributed by atoms with Gasteiger partial charge in [-0.2, -0.15) is 0 Å². The fraction of sp³-hybridized carbons (Fsp3) is 0.312. The predicted octanol–water partition coefficient (Wildman–Crippen LogP) is 1.08. The van der Waals surface area contributed by atoms with E-state index >= 15 is 0 Å². The third kappa shape index (κ3) is 5.23. The van der Waals surface area contributed by atoms with Crippen molar-refractivity contribution in [3.8, 4) is 0 Å². The molecule has 0 saturated heterocycles. The number of H-pyrrole nitrogens is 1. The summed E-state index contributed by atoms with van der Waals surface area (Å²) in [5, 5.41) is 21.3. The Balaban J connectivity index is 1.98. The van der Waals surface area contributed by atoms with Crippen LogP contribution >= 0.6 is 0 Å². The quantitative estimate of drug-likeness (QED) is 0.550. The number of imidazole rings is 1. The zero-order chi connectivity index (χ0) is 16.7. The predicted molar refractivity (Wildman–Crippen MR) is 83.0 cm³/mol. The summed E-state index contributed by atoms with van der Waals surface area (Å²) in [4.78, 5) is 29.5. The summed E-state index contributed by atoms with van der Waals surface area (Å²) in [6, 6.07) is 7.55. The maximum absolute atomic E-state index is 11.4. The summed E-state index contributed by atoms with van der Waals surface area (Å²) < 4.78 is 0. The zero-order valence-corrected chi connectivity index (χ0v) is 12.5. The maximum atomic E-state index is 11.4. The van der Waals surface area contributed by atoms with Gasteiger partial charge in [-0.25, -0.2) is 4.98 Å². The Hall–Kier alpha value is -2.67. The number of aromatic nitrogens is 2. The molecule has 2 aromatic rings. The lowest BCUT2D eigenvalue weighted by Crippen LogP contribution is -2.48. The molecular formula is C16H19N3O4. The number of carboxylic acid groups (broad SMARTS) is 2. The van der Waals surface area contributed by atoms with Gasteiger partial charge in [0.2, 0.25) is 0 Å². The number of carboxylic acids is 2. The Morgan fingerprint density at radius 1 is 1.13 bits per heavy atom. The van der Waals surface area contributed by atoms with Gasteiger partial charge in [0.05, 0.1) is 12.0 Å². The van der Waals surface area contributed by atoms with E-state index in [1.165, 1.54) is 6.33 Å². The highest BCUT2D eigenvalue weighted by Crippen LogP contribution is 2.08. The van der Waals surface area contributed by atoms with Crippen LogP contribution in [0, 0.1) is 0 Å². The second kappa shape index (κ2) is 8.09. The first-order valence-corrected chi connectivity index (χ1v) is 7.29. The molecule has 1 unspecified atom stereocenters. The highest BCUT2D eigenvalue weighted by Gasteiger charge is 2.26. The Bertz CT molecular complexity index is 628. The average Bonchev–Trinajstić information content (AvgIpc) is 3.03. The largest absolute Gasteiger partial charge is 0.480 e. The summed E-state index contributed by atoms with van der Waals surface area (Å²) in [6.07, 6.45) is 4.03. The Morgan fingerprint density at radius 2 is 1.83 bits per heavy atom. The Morgan fingerprint density at radius 3 is 2.39 bits per heavy atom. The van der Waals surface area contributed by atoms with Gasteiger partial charge >= 0.3 is 11.9 Å².